The molecule has 0 fully saturated rings. The van der Waals surface area contributed by atoms with E-state index in [9.17, 15) is 5.11 Å². The maximum Gasteiger partial charge on any atom is 0.0606 e. The fraction of sp³-hybridized carbons (Fsp3) is 0.600. The molecule has 0 radical (unpaired) electrons. The smallest absolute Gasteiger partial charge is 0.0606 e. The highest BCUT2D eigenvalue weighted by atomic mass is 16.3. The molecule has 1 N–H and O–H groups in total. The van der Waals surface area contributed by atoms with Gasteiger partial charge in [0.15, 0.2) is 0 Å². The van der Waals surface area contributed by atoms with Crippen LogP contribution in [0.3, 0.4) is 0 Å². The van der Waals surface area contributed by atoms with Gasteiger partial charge in [0.2, 0.25) is 0 Å². The summed E-state index contributed by atoms with van der Waals surface area (Å²) in [6, 6.07) is 10.3. The number of aliphatic hydroxyl groups excluding tert-OH is 1. The van der Waals surface area contributed by atoms with Gasteiger partial charge in [0.1, 0.15) is 0 Å². The van der Waals surface area contributed by atoms with Crippen LogP contribution >= 0.6 is 0 Å². The minimum atomic E-state index is -0.207. The summed E-state index contributed by atoms with van der Waals surface area (Å²) in [6.07, 6.45) is 3.03. The van der Waals surface area contributed by atoms with Crippen LogP contribution in [0.2, 0.25) is 0 Å². The Morgan fingerprint density at radius 3 is 2.19 bits per heavy atom. The molecule has 0 aliphatic rings. The zero-order valence-corrected chi connectivity index (χ0v) is 10.7. The van der Waals surface area contributed by atoms with Crippen molar-refractivity contribution >= 4 is 0 Å². The molecular formula is C15H24O. The van der Waals surface area contributed by atoms with Gasteiger partial charge in [-0.2, -0.15) is 0 Å². The molecule has 0 amide bonds. The van der Waals surface area contributed by atoms with E-state index in [1.165, 1.54) is 12.0 Å². The SMILES string of the molecule is CC(C)CCCC(O)C(C)c1ccccc1. The number of hydrogen-bond donors (Lipinski definition) is 1. The number of benzene rings is 1. The molecule has 1 heteroatoms. The molecule has 0 aliphatic carbocycles. The molecule has 0 aliphatic heterocycles. The first-order valence-corrected chi connectivity index (χ1v) is 6.34. The molecule has 2 unspecified atom stereocenters. The summed E-state index contributed by atoms with van der Waals surface area (Å²) >= 11 is 0. The highest BCUT2D eigenvalue weighted by Crippen LogP contribution is 2.22. The van der Waals surface area contributed by atoms with E-state index in [0.717, 1.165) is 18.8 Å². The number of hydrogen-bond acceptors (Lipinski definition) is 1. The molecule has 0 spiro atoms. The lowest BCUT2D eigenvalue weighted by molar-refractivity contribution is 0.135. The molecule has 0 heterocycles. The van der Waals surface area contributed by atoms with Gasteiger partial charge in [0.25, 0.3) is 0 Å². The molecule has 1 rings (SSSR count). The average Bonchev–Trinajstić information content (AvgIpc) is 2.28. The minimum Gasteiger partial charge on any atom is -0.393 e. The van der Waals surface area contributed by atoms with Crippen molar-refractivity contribution in [1.82, 2.24) is 0 Å². The van der Waals surface area contributed by atoms with Crippen LogP contribution in [0.1, 0.15) is 51.5 Å². The highest BCUT2D eigenvalue weighted by Gasteiger charge is 2.15. The van der Waals surface area contributed by atoms with Crippen LogP contribution in [0.15, 0.2) is 30.3 Å². The van der Waals surface area contributed by atoms with Crippen molar-refractivity contribution in [2.24, 2.45) is 5.92 Å². The van der Waals surface area contributed by atoms with Crippen LogP contribution in [0, 0.1) is 5.92 Å². The molecule has 0 bridgehead atoms. The average molecular weight is 220 g/mol. The van der Waals surface area contributed by atoms with Gasteiger partial charge in [-0.25, -0.2) is 0 Å². The lowest BCUT2D eigenvalue weighted by Crippen LogP contribution is -2.15. The fourth-order valence-electron chi connectivity index (χ4n) is 1.96. The first kappa shape index (κ1) is 13.2. The third-order valence-corrected chi connectivity index (χ3v) is 3.18. The van der Waals surface area contributed by atoms with Crippen molar-refractivity contribution in [3.8, 4) is 0 Å². The van der Waals surface area contributed by atoms with Gasteiger partial charge in [-0.05, 0) is 17.9 Å². The van der Waals surface area contributed by atoms with Crippen LogP contribution in [-0.4, -0.2) is 11.2 Å². The monoisotopic (exact) mass is 220 g/mol. The van der Waals surface area contributed by atoms with E-state index in [4.69, 9.17) is 0 Å². The molecule has 0 aromatic heterocycles. The quantitative estimate of drug-likeness (QED) is 0.769. The minimum absolute atomic E-state index is 0.207. The van der Waals surface area contributed by atoms with Crippen molar-refractivity contribution in [2.45, 2.75) is 52.1 Å². The predicted molar refractivity (Wildman–Crippen MR) is 69.6 cm³/mol. The molecule has 16 heavy (non-hydrogen) atoms. The highest BCUT2D eigenvalue weighted by molar-refractivity contribution is 5.19. The van der Waals surface area contributed by atoms with Crippen LogP contribution in [0.25, 0.3) is 0 Å². The van der Waals surface area contributed by atoms with Gasteiger partial charge in [-0.3, -0.25) is 0 Å². The van der Waals surface area contributed by atoms with Crippen molar-refractivity contribution in [3.63, 3.8) is 0 Å². The summed E-state index contributed by atoms with van der Waals surface area (Å²) in [5, 5.41) is 10.1. The van der Waals surface area contributed by atoms with E-state index in [1.54, 1.807) is 0 Å². The summed E-state index contributed by atoms with van der Waals surface area (Å²) in [4.78, 5) is 0. The topological polar surface area (TPSA) is 20.2 Å². The van der Waals surface area contributed by atoms with Crippen LogP contribution in [0.4, 0.5) is 0 Å². The summed E-state index contributed by atoms with van der Waals surface area (Å²) < 4.78 is 0. The van der Waals surface area contributed by atoms with Crippen molar-refractivity contribution in [1.29, 1.82) is 0 Å². The summed E-state index contributed by atoms with van der Waals surface area (Å²) in [7, 11) is 0. The summed E-state index contributed by atoms with van der Waals surface area (Å²) in [6.45, 7) is 6.56. The molecule has 1 nitrogen and oxygen atoms in total. The first-order valence-electron chi connectivity index (χ1n) is 6.34. The fourth-order valence-corrected chi connectivity index (χ4v) is 1.96. The standard InChI is InChI=1S/C15H24O/c1-12(2)8-7-11-15(16)13(3)14-9-5-4-6-10-14/h4-6,9-10,12-13,15-16H,7-8,11H2,1-3H3. The lowest BCUT2D eigenvalue weighted by atomic mass is 9.91. The Morgan fingerprint density at radius 2 is 1.62 bits per heavy atom. The first-order chi connectivity index (χ1) is 7.61. The Hall–Kier alpha value is -0.820. The second kappa shape index (κ2) is 6.70. The van der Waals surface area contributed by atoms with Gasteiger partial charge in [0, 0.05) is 5.92 Å². The number of aliphatic hydroxyl groups is 1. The molecule has 90 valence electrons. The molecule has 2 atom stereocenters. The van der Waals surface area contributed by atoms with Crippen LogP contribution in [0.5, 0.6) is 0 Å². The normalized spacial score (nSPS) is 15.1. The van der Waals surface area contributed by atoms with Crippen molar-refractivity contribution < 1.29 is 5.11 Å². The molecule has 0 saturated heterocycles. The zero-order valence-electron chi connectivity index (χ0n) is 10.7. The van der Waals surface area contributed by atoms with E-state index >= 15 is 0 Å². The summed E-state index contributed by atoms with van der Waals surface area (Å²) in [5.74, 6) is 0.979. The third-order valence-electron chi connectivity index (χ3n) is 3.18. The second-order valence-corrected chi connectivity index (χ2v) is 5.09. The lowest BCUT2D eigenvalue weighted by Gasteiger charge is -2.19. The van der Waals surface area contributed by atoms with Gasteiger partial charge in [-0.15, -0.1) is 0 Å². The Labute approximate surface area is 99.5 Å². The van der Waals surface area contributed by atoms with E-state index in [2.05, 4.69) is 32.9 Å². The Bertz CT molecular complexity index is 279. The maximum absolute atomic E-state index is 10.1. The zero-order chi connectivity index (χ0) is 12.0. The predicted octanol–water partition coefficient (Wildman–Crippen LogP) is 3.98. The Kier molecular flexibility index (Phi) is 5.54. The number of rotatable bonds is 6. The third kappa shape index (κ3) is 4.36. The Balaban J connectivity index is 2.39. The van der Waals surface area contributed by atoms with Crippen molar-refractivity contribution in [2.75, 3.05) is 0 Å². The molecule has 1 aromatic carbocycles. The van der Waals surface area contributed by atoms with Crippen LogP contribution in [-0.2, 0) is 0 Å². The van der Waals surface area contributed by atoms with E-state index < -0.39 is 0 Å². The van der Waals surface area contributed by atoms with Gasteiger partial charge >= 0.3 is 0 Å². The van der Waals surface area contributed by atoms with E-state index in [0.29, 0.717) is 0 Å². The molecule has 1 aromatic rings. The molecular weight excluding hydrogens is 196 g/mol. The maximum atomic E-state index is 10.1. The molecule has 0 saturated carbocycles. The van der Waals surface area contributed by atoms with Gasteiger partial charge < -0.3 is 5.11 Å². The largest absolute Gasteiger partial charge is 0.393 e. The van der Waals surface area contributed by atoms with Crippen LogP contribution < -0.4 is 0 Å². The second-order valence-electron chi connectivity index (χ2n) is 5.09. The van der Waals surface area contributed by atoms with Gasteiger partial charge in [-0.1, -0.05) is 63.9 Å². The van der Waals surface area contributed by atoms with Gasteiger partial charge in [0.05, 0.1) is 6.10 Å². The Morgan fingerprint density at radius 1 is 1.00 bits per heavy atom. The summed E-state index contributed by atoms with van der Waals surface area (Å²) in [5.41, 5.74) is 1.24. The van der Waals surface area contributed by atoms with E-state index in [-0.39, 0.29) is 12.0 Å². The van der Waals surface area contributed by atoms with E-state index in [1.807, 2.05) is 18.2 Å². The van der Waals surface area contributed by atoms with Crippen molar-refractivity contribution in [3.05, 3.63) is 35.9 Å².